The fourth-order valence-corrected chi connectivity index (χ4v) is 4.16. The average molecular weight is 464 g/mol. The minimum atomic E-state index is -4.94. The predicted molar refractivity (Wildman–Crippen MR) is 99.2 cm³/mol. The average Bonchev–Trinajstić information content (AvgIpc) is 3.20. The van der Waals surface area contributed by atoms with Gasteiger partial charge in [-0.1, -0.05) is 0 Å². The third kappa shape index (κ3) is 5.29. The first-order chi connectivity index (χ1) is 14.6. The van der Waals surface area contributed by atoms with Crippen LogP contribution in [0.1, 0.15) is 16.1 Å². The summed E-state index contributed by atoms with van der Waals surface area (Å²) in [6, 6.07) is 2.49. The molecule has 2 aromatic rings. The van der Waals surface area contributed by atoms with Gasteiger partial charge in [-0.25, -0.2) is 13.1 Å². The molecule has 3 heterocycles. The number of ether oxygens (including phenoxy) is 2. The van der Waals surface area contributed by atoms with E-state index in [9.17, 15) is 26.4 Å². The molecule has 0 atom stereocenters. The lowest BCUT2D eigenvalue weighted by Gasteiger charge is -2.26. The van der Waals surface area contributed by atoms with Crippen molar-refractivity contribution in [2.24, 2.45) is 0 Å². The van der Waals surface area contributed by atoms with Crippen LogP contribution in [0.4, 0.5) is 13.2 Å². The number of sulfonamides is 1. The molecule has 0 saturated carbocycles. The minimum absolute atomic E-state index is 0.0870. The van der Waals surface area contributed by atoms with Crippen molar-refractivity contribution in [1.82, 2.24) is 29.6 Å². The number of halogens is 3. The van der Waals surface area contributed by atoms with Crippen LogP contribution in [0.2, 0.25) is 0 Å². The van der Waals surface area contributed by atoms with Gasteiger partial charge in [0.15, 0.2) is 11.5 Å². The molecule has 1 fully saturated rings. The van der Waals surface area contributed by atoms with Crippen molar-refractivity contribution in [3.8, 4) is 11.7 Å². The van der Waals surface area contributed by atoms with Crippen molar-refractivity contribution >= 4 is 15.9 Å². The highest BCUT2D eigenvalue weighted by atomic mass is 32.2. The first kappa shape index (κ1) is 22.9. The minimum Gasteiger partial charge on any atom is -0.480 e. The van der Waals surface area contributed by atoms with Crippen LogP contribution in [-0.2, 0) is 20.9 Å². The number of alkyl halides is 3. The smallest absolute Gasteiger partial charge is 0.434 e. The maximum atomic E-state index is 13.7. The van der Waals surface area contributed by atoms with E-state index in [1.165, 1.54) is 23.5 Å². The molecule has 0 aromatic carbocycles. The summed E-state index contributed by atoms with van der Waals surface area (Å²) in [5.74, 6) is -1.76. The van der Waals surface area contributed by atoms with Crippen LogP contribution in [-0.4, -0.2) is 84.3 Å². The van der Waals surface area contributed by atoms with Crippen LogP contribution in [0.25, 0.3) is 5.82 Å². The van der Waals surface area contributed by atoms with Gasteiger partial charge in [0.25, 0.3) is 5.91 Å². The van der Waals surface area contributed by atoms with Gasteiger partial charge in [0.05, 0.1) is 37.8 Å². The molecule has 2 aromatic heterocycles. The monoisotopic (exact) mass is 464 g/mol. The van der Waals surface area contributed by atoms with Gasteiger partial charge in [0.1, 0.15) is 0 Å². The molecular weight excluding hydrogens is 445 g/mol. The molecule has 1 saturated heterocycles. The summed E-state index contributed by atoms with van der Waals surface area (Å²) in [6.45, 7) is 0.514. The number of carbonyl (C=O) groups excluding carboxylic acids is 1. The zero-order valence-corrected chi connectivity index (χ0v) is 17.1. The number of nitrogens with zero attached hydrogens (tertiary/aromatic N) is 5. The first-order valence-corrected chi connectivity index (χ1v) is 10.6. The lowest BCUT2D eigenvalue weighted by molar-refractivity contribution is -0.143. The molecular formula is C16H19F3N6O5S. The molecule has 170 valence electrons. The van der Waals surface area contributed by atoms with E-state index in [1.54, 1.807) is 0 Å². The number of amides is 1. The third-order valence-electron chi connectivity index (χ3n) is 4.34. The topological polar surface area (TPSA) is 129 Å². The fraction of sp³-hybridized carbons (Fsp3) is 0.500. The van der Waals surface area contributed by atoms with Crippen LogP contribution >= 0.6 is 0 Å². The molecule has 11 nitrogen and oxygen atoms in total. The van der Waals surface area contributed by atoms with Crippen molar-refractivity contribution in [3.63, 3.8) is 0 Å². The summed E-state index contributed by atoms with van der Waals surface area (Å²) in [7, 11) is -2.36. The van der Waals surface area contributed by atoms with Crippen LogP contribution in [0.5, 0.6) is 5.88 Å². The number of hydrogen-bond acceptors (Lipinski definition) is 8. The Bertz CT molecular complexity index is 1020. The Balaban J connectivity index is 1.75. The molecule has 31 heavy (non-hydrogen) atoms. The summed E-state index contributed by atoms with van der Waals surface area (Å²) in [4.78, 5) is 12.4. The number of morpholine rings is 1. The van der Waals surface area contributed by atoms with Crippen LogP contribution in [0, 0.1) is 0 Å². The number of rotatable bonds is 7. The van der Waals surface area contributed by atoms with E-state index in [2.05, 4.69) is 20.6 Å². The standard InChI is InChI=1S/C16H19F3N6O5S/c1-29-13-3-2-12(22-23-13)25-14(16(17,18)19)11(10-21-25)15(26)20-4-9-31(27,28)24-5-7-30-8-6-24/h2-3,10H,4-9H2,1H3,(H,20,26). The van der Waals surface area contributed by atoms with E-state index in [0.29, 0.717) is 4.68 Å². The fourth-order valence-electron chi connectivity index (χ4n) is 2.84. The largest absolute Gasteiger partial charge is 0.480 e. The van der Waals surface area contributed by atoms with Gasteiger partial charge in [-0.2, -0.15) is 22.6 Å². The van der Waals surface area contributed by atoms with E-state index in [-0.39, 0.29) is 44.5 Å². The quantitative estimate of drug-likeness (QED) is 0.610. The van der Waals surface area contributed by atoms with Gasteiger partial charge in [-0.15, -0.1) is 10.2 Å². The second-order valence-corrected chi connectivity index (χ2v) is 8.42. The van der Waals surface area contributed by atoms with Crippen molar-refractivity contribution in [2.75, 3.05) is 45.7 Å². The van der Waals surface area contributed by atoms with Crippen molar-refractivity contribution in [3.05, 3.63) is 29.6 Å². The molecule has 15 heteroatoms. The van der Waals surface area contributed by atoms with Crippen LogP contribution in [0.15, 0.2) is 18.3 Å². The zero-order valence-electron chi connectivity index (χ0n) is 16.3. The number of nitrogens with one attached hydrogen (secondary N) is 1. The van der Waals surface area contributed by atoms with E-state index < -0.39 is 39.1 Å². The second kappa shape index (κ2) is 9.15. The van der Waals surface area contributed by atoms with Crippen molar-refractivity contribution in [1.29, 1.82) is 0 Å². The molecule has 3 rings (SSSR count). The molecule has 0 spiro atoms. The third-order valence-corrected chi connectivity index (χ3v) is 6.22. The molecule has 1 aliphatic rings. The summed E-state index contributed by atoms with van der Waals surface area (Å²) >= 11 is 0. The first-order valence-electron chi connectivity index (χ1n) is 9.00. The molecule has 1 N–H and O–H groups in total. The Labute approximate surface area is 175 Å². The van der Waals surface area contributed by atoms with Gasteiger partial charge < -0.3 is 14.8 Å². The molecule has 1 amide bonds. The lowest BCUT2D eigenvalue weighted by Crippen LogP contribution is -2.43. The summed E-state index contributed by atoms with van der Waals surface area (Å²) in [6.07, 6.45) is -4.20. The summed E-state index contributed by atoms with van der Waals surface area (Å²) < 4.78 is 77.1. The molecule has 0 bridgehead atoms. The van der Waals surface area contributed by atoms with Gasteiger partial charge >= 0.3 is 6.18 Å². The second-order valence-electron chi connectivity index (χ2n) is 6.33. The van der Waals surface area contributed by atoms with E-state index >= 15 is 0 Å². The van der Waals surface area contributed by atoms with Crippen LogP contribution < -0.4 is 10.1 Å². The highest BCUT2D eigenvalue weighted by molar-refractivity contribution is 7.89. The van der Waals surface area contributed by atoms with Gasteiger partial charge in [0, 0.05) is 25.7 Å². The maximum absolute atomic E-state index is 13.7. The predicted octanol–water partition coefficient (Wildman–Crippen LogP) is 0.0815. The lowest BCUT2D eigenvalue weighted by atomic mass is 10.2. The highest BCUT2D eigenvalue weighted by Gasteiger charge is 2.41. The molecule has 1 aliphatic heterocycles. The van der Waals surface area contributed by atoms with Crippen molar-refractivity contribution < 1.29 is 35.9 Å². The SMILES string of the molecule is COc1ccc(-n2ncc(C(=O)NCCS(=O)(=O)N3CCOCC3)c2C(F)(F)F)nn1. The molecule has 0 unspecified atom stereocenters. The Hall–Kier alpha value is -2.78. The van der Waals surface area contributed by atoms with Crippen molar-refractivity contribution in [2.45, 2.75) is 6.18 Å². The zero-order chi connectivity index (χ0) is 22.6. The number of hydrogen-bond donors (Lipinski definition) is 1. The molecule has 0 radical (unpaired) electrons. The van der Waals surface area contributed by atoms with Gasteiger partial charge in [-0.3, -0.25) is 4.79 Å². The van der Waals surface area contributed by atoms with Gasteiger partial charge in [-0.05, 0) is 6.07 Å². The number of aromatic nitrogens is 4. The normalized spacial score (nSPS) is 15.6. The number of methoxy groups -OCH3 is 1. The Morgan fingerprint density at radius 1 is 1.26 bits per heavy atom. The molecule has 0 aliphatic carbocycles. The van der Waals surface area contributed by atoms with E-state index in [4.69, 9.17) is 9.47 Å². The van der Waals surface area contributed by atoms with Gasteiger partial charge in [0.2, 0.25) is 15.9 Å². The van der Waals surface area contributed by atoms with E-state index in [0.717, 1.165) is 6.20 Å². The Kier molecular flexibility index (Phi) is 6.76. The Morgan fingerprint density at radius 3 is 2.55 bits per heavy atom. The van der Waals surface area contributed by atoms with E-state index in [1.807, 2.05) is 0 Å². The summed E-state index contributed by atoms with van der Waals surface area (Å²) in [5.41, 5.74) is -2.13. The number of carbonyl (C=O) groups is 1. The summed E-state index contributed by atoms with van der Waals surface area (Å²) in [5, 5.41) is 13.0. The van der Waals surface area contributed by atoms with Crippen LogP contribution in [0.3, 0.4) is 0 Å². The Morgan fingerprint density at radius 2 is 1.97 bits per heavy atom. The highest BCUT2D eigenvalue weighted by Crippen LogP contribution is 2.33. The maximum Gasteiger partial charge on any atom is 0.434 e.